The van der Waals surface area contributed by atoms with Crippen molar-refractivity contribution in [2.24, 2.45) is 0 Å². The zero-order valence-electron chi connectivity index (χ0n) is 15.5. The molecule has 1 heterocycles. The van der Waals surface area contributed by atoms with Crippen LogP contribution in [0.1, 0.15) is 24.5 Å². The highest BCUT2D eigenvalue weighted by atomic mass is 35.5. The molecule has 2 aromatic carbocycles. The Morgan fingerprint density at radius 3 is 2.67 bits per heavy atom. The highest BCUT2D eigenvalue weighted by molar-refractivity contribution is 6.30. The molecule has 0 fully saturated rings. The van der Waals surface area contributed by atoms with E-state index in [0.717, 1.165) is 11.1 Å². The number of rotatable bonds is 6. The van der Waals surface area contributed by atoms with E-state index < -0.39 is 6.10 Å². The zero-order chi connectivity index (χ0) is 19.4. The summed E-state index contributed by atoms with van der Waals surface area (Å²) in [6.07, 6.45) is 0.704. The molecule has 3 rings (SSSR count). The topological polar surface area (TPSA) is 58.6 Å². The van der Waals surface area contributed by atoms with E-state index in [0.29, 0.717) is 35.8 Å². The Morgan fingerprint density at radius 2 is 1.96 bits per heavy atom. The maximum Gasteiger partial charge on any atom is 0.268 e. The average molecular weight is 387 g/mol. The van der Waals surface area contributed by atoms with Crippen LogP contribution >= 0.6 is 11.6 Å². The largest absolute Gasteiger partial charge is 0.478 e. The van der Waals surface area contributed by atoms with Crippen molar-refractivity contribution in [2.75, 3.05) is 18.0 Å². The highest BCUT2D eigenvalue weighted by Crippen LogP contribution is 2.35. The Morgan fingerprint density at radius 1 is 1.22 bits per heavy atom. The normalized spacial score (nSPS) is 15.9. The molecule has 142 valence electrons. The van der Waals surface area contributed by atoms with Gasteiger partial charge in [0.2, 0.25) is 5.91 Å². The number of nitrogens with one attached hydrogen (secondary N) is 1. The number of amides is 2. The molecule has 1 atom stereocenters. The maximum absolute atomic E-state index is 12.7. The zero-order valence-corrected chi connectivity index (χ0v) is 16.3. The first-order chi connectivity index (χ1) is 13.0. The minimum absolute atomic E-state index is 0.0181. The van der Waals surface area contributed by atoms with Crippen molar-refractivity contribution in [1.82, 2.24) is 5.32 Å². The van der Waals surface area contributed by atoms with Gasteiger partial charge in [-0.05, 0) is 55.2 Å². The SMILES string of the molecule is CC[C@H]1Oc2ccc(C)cc2N(CC(=O)NCCc2ccc(Cl)cc2)C1=O. The van der Waals surface area contributed by atoms with E-state index in [9.17, 15) is 9.59 Å². The molecule has 0 unspecified atom stereocenters. The standard InChI is InChI=1S/C21H23ClN2O3/c1-3-18-21(26)24(17-12-14(2)4-9-19(17)27-18)13-20(25)23-11-10-15-5-7-16(22)8-6-15/h4-9,12,18H,3,10-11,13H2,1-2H3,(H,23,25)/t18-/m1/s1. The van der Waals surface area contributed by atoms with Gasteiger partial charge in [-0.1, -0.05) is 36.7 Å². The number of fused-ring (bicyclic) bond motifs is 1. The number of hydrogen-bond donors (Lipinski definition) is 1. The molecule has 2 amide bonds. The second-order valence-corrected chi connectivity index (χ2v) is 7.07. The lowest BCUT2D eigenvalue weighted by Crippen LogP contribution is -2.49. The molecule has 0 aliphatic carbocycles. The number of hydrogen-bond acceptors (Lipinski definition) is 3. The summed E-state index contributed by atoms with van der Waals surface area (Å²) in [5.41, 5.74) is 2.75. The summed E-state index contributed by atoms with van der Waals surface area (Å²) in [5.74, 6) is 0.269. The number of nitrogens with zero attached hydrogens (tertiary/aromatic N) is 1. The van der Waals surface area contributed by atoms with Gasteiger partial charge in [-0.3, -0.25) is 14.5 Å². The van der Waals surface area contributed by atoms with Gasteiger partial charge in [0.25, 0.3) is 5.91 Å². The second-order valence-electron chi connectivity index (χ2n) is 6.64. The summed E-state index contributed by atoms with van der Waals surface area (Å²) in [5, 5.41) is 3.57. The predicted molar refractivity (Wildman–Crippen MR) is 106 cm³/mol. The highest BCUT2D eigenvalue weighted by Gasteiger charge is 2.34. The maximum atomic E-state index is 12.7. The molecular formula is C21H23ClN2O3. The van der Waals surface area contributed by atoms with E-state index in [4.69, 9.17) is 16.3 Å². The first kappa shape index (κ1) is 19.2. The first-order valence-corrected chi connectivity index (χ1v) is 9.45. The minimum Gasteiger partial charge on any atom is -0.478 e. The molecule has 27 heavy (non-hydrogen) atoms. The first-order valence-electron chi connectivity index (χ1n) is 9.07. The van der Waals surface area contributed by atoms with E-state index in [1.165, 1.54) is 4.90 Å². The summed E-state index contributed by atoms with van der Waals surface area (Å²) in [7, 11) is 0. The molecule has 5 nitrogen and oxygen atoms in total. The van der Waals surface area contributed by atoms with Crippen LogP contribution in [0.3, 0.4) is 0 Å². The molecule has 0 saturated heterocycles. The summed E-state index contributed by atoms with van der Waals surface area (Å²) >= 11 is 5.88. The van der Waals surface area contributed by atoms with Crippen molar-refractivity contribution in [2.45, 2.75) is 32.8 Å². The summed E-state index contributed by atoms with van der Waals surface area (Å²) in [6.45, 7) is 4.32. The van der Waals surface area contributed by atoms with Gasteiger partial charge in [-0.25, -0.2) is 0 Å². The van der Waals surface area contributed by atoms with E-state index in [-0.39, 0.29) is 18.4 Å². The lowest BCUT2D eigenvalue weighted by Gasteiger charge is -2.33. The van der Waals surface area contributed by atoms with E-state index in [2.05, 4.69) is 5.32 Å². The number of ether oxygens (including phenoxy) is 1. The van der Waals surface area contributed by atoms with Gasteiger partial charge >= 0.3 is 0 Å². The number of benzene rings is 2. The Hall–Kier alpha value is -2.53. The fraction of sp³-hybridized carbons (Fsp3) is 0.333. The molecule has 1 N–H and O–H groups in total. The molecule has 1 aliphatic heterocycles. The van der Waals surface area contributed by atoms with Crippen molar-refractivity contribution >= 4 is 29.1 Å². The molecule has 0 radical (unpaired) electrons. The van der Waals surface area contributed by atoms with Crippen molar-refractivity contribution < 1.29 is 14.3 Å². The Balaban J connectivity index is 1.64. The number of aryl methyl sites for hydroxylation is 1. The third kappa shape index (κ3) is 4.61. The molecular weight excluding hydrogens is 364 g/mol. The van der Waals surface area contributed by atoms with Crippen LogP contribution in [0.4, 0.5) is 5.69 Å². The third-order valence-electron chi connectivity index (χ3n) is 4.54. The van der Waals surface area contributed by atoms with Gasteiger partial charge in [0.1, 0.15) is 12.3 Å². The van der Waals surface area contributed by atoms with Gasteiger partial charge in [-0.15, -0.1) is 0 Å². The van der Waals surface area contributed by atoms with Gasteiger partial charge < -0.3 is 10.1 Å². The minimum atomic E-state index is -0.554. The van der Waals surface area contributed by atoms with Gasteiger partial charge in [0.15, 0.2) is 6.10 Å². The van der Waals surface area contributed by atoms with Crippen LogP contribution in [0.5, 0.6) is 5.75 Å². The molecule has 2 aromatic rings. The predicted octanol–water partition coefficient (Wildman–Crippen LogP) is 3.51. The molecule has 1 aliphatic rings. The van der Waals surface area contributed by atoms with Crippen LogP contribution in [0.2, 0.25) is 5.02 Å². The fourth-order valence-corrected chi connectivity index (χ4v) is 3.18. The molecule has 0 bridgehead atoms. The second kappa shape index (κ2) is 8.44. The average Bonchev–Trinajstić information content (AvgIpc) is 2.65. The fourth-order valence-electron chi connectivity index (χ4n) is 3.05. The van der Waals surface area contributed by atoms with Crippen molar-refractivity contribution in [3.8, 4) is 5.75 Å². The molecule has 0 aromatic heterocycles. The summed E-state index contributed by atoms with van der Waals surface area (Å²) < 4.78 is 5.78. The van der Waals surface area contributed by atoms with Crippen molar-refractivity contribution in [3.63, 3.8) is 0 Å². The molecule has 6 heteroatoms. The van der Waals surface area contributed by atoms with Crippen LogP contribution in [-0.4, -0.2) is 31.0 Å². The summed E-state index contributed by atoms with van der Waals surface area (Å²) in [4.78, 5) is 26.7. The van der Waals surface area contributed by atoms with Crippen LogP contribution in [0.25, 0.3) is 0 Å². The van der Waals surface area contributed by atoms with Gasteiger partial charge in [0, 0.05) is 11.6 Å². The third-order valence-corrected chi connectivity index (χ3v) is 4.79. The Kier molecular flexibility index (Phi) is 6.01. The van der Waals surface area contributed by atoms with Crippen LogP contribution in [0.15, 0.2) is 42.5 Å². The monoisotopic (exact) mass is 386 g/mol. The van der Waals surface area contributed by atoms with Crippen molar-refractivity contribution in [1.29, 1.82) is 0 Å². The van der Waals surface area contributed by atoms with E-state index >= 15 is 0 Å². The van der Waals surface area contributed by atoms with E-state index in [1.807, 2.05) is 56.3 Å². The van der Waals surface area contributed by atoms with Gasteiger partial charge in [-0.2, -0.15) is 0 Å². The Bertz CT molecular complexity index is 836. The molecule has 0 spiro atoms. The lowest BCUT2D eigenvalue weighted by atomic mass is 10.1. The van der Waals surface area contributed by atoms with Crippen molar-refractivity contribution in [3.05, 3.63) is 58.6 Å². The van der Waals surface area contributed by atoms with Crippen LogP contribution in [-0.2, 0) is 16.0 Å². The molecule has 0 saturated carbocycles. The number of carbonyl (C=O) groups is 2. The quantitative estimate of drug-likeness (QED) is 0.826. The summed E-state index contributed by atoms with van der Waals surface area (Å²) in [6, 6.07) is 13.2. The number of carbonyl (C=O) groups excluding carboxylic acids is 2. The number of halogens is 1. The smallest absolute Gasteiger partial charge is 0.268 e. The number of anilines is 1. The van der Waals surface area contributed by atoms with Crippen LogP contribution in [0, 0.1) is 6.92 Å². The Labute approximate surface area is 164 Å². The lowest BCUT2D eigenvalue weighted by molar-refractivity contribution is -0.129. The van der Waals surface area contributed by atoms with E-state index in [1.54, 1.807) is 0 Å². The van der Waals surface area contributed by atoms with Gasteiger partial charge in [0.05, 0.1) is 5.69 Å². The van der Waals surface area contributed by atoms with Crippen LogP contribution < -0.4 is 15.0 Å².